The molecule has 31 heavy (non-hydrogen) atoms. The van der Waals surface area contributed by atoms with E-state index in [1.807, 2.05) is 19.1 Å². The number of carbonyl (C=O) groups is 1. The Bertz CT molecular complexity index is 1050. The molecule has 1 heterocycles. The van der Waals surface area contributed by atoms with Crippen LogP contribution in [-0.4, -0.2) is 39.7 Å². The molecule has 1 aliphatic heterocycles. The number of nitrogens with one attached hydrogen (secondary N) is 2. The van der Waals surface area contributed by atoms with Crippen molar-refractivity contribution < 1.29 is 22.7 Å². The second kappa shape index (κ2) is 9.99. The monoisotopic (exact) mass is 466 g/mol. The minimum Gasteiger partial charge on any atom is -0.489 e. The maximum absolute atomic E-state index is 12.9. The molecule has 1 saturated heterocycles. The molecule has 1 atom stereocenters. The average Bonchev–Trinajstić information content (AvgIpc) is 3.21. The first-order valence-electron chi connectivity index (χ1n) is 10.1. The van der Waals surface area contributed by atoms with Gasteiger partial charge in [-0.2, -0.15) is 0 Å². The van der Waals surface area contributed by atoms with Crippen LogP contribution >= 0.6 is 11.6 Å². The van der Waals surface area contributed by atoms with Gasteiger partial charge in [0.05, 0.1) is 27.3 Å². The molecule has 2 N–H and O–H groups in total. The molecular weight excluding hydrogens is 440 g/mol. The van der Waals surface area contributed by atoms with Gasteiger partial charge in [0.25, 0.3) is 5.91 Å². The Kier molecular flexibility index (Phi) is 7.59. The second-order valence-electron chi connectivity index (χ2n) is 7.82. The van der Waals surface area contributed by atoms with Gasteiger partial charge < -0.3 is 14.8 Å². The van der Waals surface area contributed by atoms with E-state index in [0.717, 1.165) is 25.0 Å². The molecule has 2 aromatic rings. The molecule has 1 amide bonds. The summed E-state index contributed by atoms with van der Waals surface area (Å²) < 4.78 is 38.9. The van der Waals surface area contributed by atoms with Crippen molar-refractivity contribution in [3.05, 3.63) is 52.5 Å². The molecule has 0 aromatic heterocycles. The van der Waals surface area contributed by atoms with E-state index in [4.69, 9.17) is 21.1 Å². The number of hydrogen-bond acceptors (Lipinski definition) is 5. The lowest BCUT2D eigenvalue weighted by atomic mass is 10.1. The van der Waals surface area contributed by atoms with Crippen LogP contribution in [0.5, 0.6) is 5.75 Å². The third kappa shape index (κ3) is 6.20. The molecule has 7 nitrogen and oxygen atoms in total. The van der Waals surface area contributed by atoms with Crippen molar-refractivity contribution in [1.29, 1.82) is 0 Å². The highest BCUT2D eigenvalue weighted by Crippen LogP contribution is 2.29. The summed E-state index contributed by atoms with van der Waals surface area (Å²) in [6.07, 6.45) is 1.98. The number of amides is 1. The van der Waals surface area contributed by atoms with Gasteiger partial charge in [-0.25, -0.2) is 13.1 Å². The number of benzene rings is 2. The van der Waals surface area contributed by atoms with Crippen LogP contribution < -0.4 is 14.8 Å². The number of rotatable bonds is 8. The normalized spacial score (nSPS) is 16.5. The van der Waals surface area contributed by atoms with Gasteiger partial charge >= 0.3 is 0 Å². The minimum absolute atomic E-state index is 0.0329. The van der Waals surface area contributed by atoms with Gasteiger partial charge in [-0.1, -0.05) is 17.7 Å². The molecule has 0 spiro atoms. The molecule has 1 aliphatic rings. The predicted octanol–water partition coefficient (Wildman–Crippen LogP) is 4.15. The highest BCUT2D eigenvalue weighted by molar-refractivity contribution is 7.89. The lowest BCUT2D eigenvalue weighted by Crippen LogP contribution is -2.30. The van der Waals surface area contributed by atoms with Crippen LogP contribution in [0.1, 0.15) is 42.6 Å². The molecule has 168 valence electrons. The van der Waals surface area contributed by atoms with Gasteiger partial charge in [0.2, 0.25) is 10.0 Å². The molecule has 9 heteroatoms. The molecule has 1 fully saturated rings. The van der Waals surface area contributed by atoms with Gasteiger partial charge in [-0.3, -0.25) is 4.79 Å². The van der Waals surface area contributed by atoms with Crippen molar-refractivity contribution in [3.8, 4) is 5.75 Å². The van der Waals surface area contributed by atoms with Crippen molar-refractivity contribution >= 4 is 33.2 Å². The van der Waals surface area contributed by atoms with E-state index >= 15 is 0 Å². The van der Waals surface area contributed by atoms with Crippen LogP contribution in [0.15, 0.2) is 41.3 Å². The van der Waals surface area contributed by atoms with Crippen molar-refractivity contribution in [2.75, 3.05) is 18.5 Å². The molecule has 0 bridgehead atoms. The standard InChI is InChI=1S/C22H27ClN2O5S/c1-14(2)25-31(27,28)17-7-8-19(23)18(12-17)22(26)24-20-9-6-15(3)11-21(20)30-13-16-5-4-10-29-16/h6-9,11-12,14,16,25H,4-5,10,13H2,1-3H3,(H,24,26). The van der Waals surface area contributed by atoms with Crippen molar-refractivity contribution in [2.45, 2.75) is 50.7 Å². The summed E-state index contributed by atoms with van der Waals surface area (Å²) in [5.74, 6) is -0.0114. The number of hydrogen-bond donors (Lipinski definition) is 2. The summed E-state index contributed by atoms with van der Waals surface area (Å²) in [5, 5.41) is 2.93. The first kappa shape index (κ1) is 23.5. The molecule has 0 aliphatic carbocycles. The Morgan fingerprint density at radius 2 is 2.03 bits per heavy atom. The van der Waals surface area contributed by atoms with Crippen LogP contribution in [-0.2, 0) is 14.8 Å². The third-order valence-corrected chi connectivity index (χ3v) is 6.70. The van der Waals surface area contributed by atoms with Crippen LogP contribution in [0.25, 0.3) is 0 Å². The summed E-state index contributed by atoms with van der Waals surface area (Å²) in [6, 6.07) is 9.18. The molecule has 2 aromatic carbocycles. The van der Waals surface area contributed by atoms with Crippen LogP contribution in [0.3, 0.4) is 0 Å². The Morgan fingerprint density at radius 3 is 2.71 bits per heavy atom. The fourth-order valence-electron chi connectivity index (χ4n) is 3.22. The first-order valence-corrected chi connectivity index (χ1v) is 12.0. The summed E-state index contributed by atoms with van der Waals surface area (Å²) >= 11 is 6.20. The van der Waals surface area contributed by atoms with Gasteiger partial charge in [0, 0.05) is 12.6 Å². The van der Waals surface area contributed by atoms with E-state index in [2.05, 4.69) is 10.0 Å². The predicted molar refractivity (Wildman–Crippen MR) is 121 cm³/mol. The van der Waals surface area contributed by atoms with Crippen LogP contribution in [0, 0.1) is 6.92 Å². The van der Waals surface area contributed by atoms with E-state index in [0.29, 0.717) is 18.0 Å². The topological polar surface area (TPSA) is 93.7 Å². The number of sulfonamides is 1. The zero-order valence-corrected chi connectivity index (χ0v) is 19.3. The van der Waals surface area contributed by atoms with Crippen LogP contribution in [0.2, 0.25) is 5.02 Å². The van der Waals surface area contributed by atoms with Crippen molar-refractivity contribution in [3.63, 3.8) is 0 Å². The Labute approximate surface area is 188 Å². The second-order valence-corrected chi connectivity index (χ2v) is 9.94. The lowest BCUT2D eigenvalue weighted by Gasteiger charge is -2.16. The van der Waals surface area contributed by atoms with E-state index in [1.54, 1.807) is 19.9 Å². The zero-order valence-electron chi connectivity index (χ0n) is 17.8. The number of ether oxygens (including phenoxy) is 2. The smallest absolute Gasteiger partial charge is 0.257 e. The minimum atomic E-state index is -3.76. The van der Waals surface area contributed by atoms with E-state index in [9.17, 15) is 13.2 Å². The zero-order chi connectivity index (χ0) is 22.6. The quantitative estimate of drug-likeness (QED) is 0.609. The van der Waals surface area contributed by atoms with E-state index < -0.39 is 15.9 Å². The van der Waals surface area contributed by atoms with Crippen molar-refractivity contribution in [2.24, 2.45) is 0 Å². The maximum Gasteiger partial charge on any atom is 0.257 e. The number of halogens is 1. The van der Waals surface area contributed by atoms with Gasteiger partial charge in [0.1, 0.15) is 12.4 Å². The Hall–Kier alpha value is -2.13. The number of anilines is 1. The summed E-state index contributed by atoms with van der Waals surface area (Å²) in [5.41, 5.74) is 1.50. The van der Waals surface area contributed by atoms with E-state index in [1.165, 1.54) is 18.2 Å². The summed E-state index contributed by atoms with van der Waals surface area (Å²) in [4.78, 5) is 12.9. The summed E-state index contributed by atoms with van der Waals surface area (Å²) in [6.45, 7) is 6.49. The average molecular weight is 467 g/mol. The summed E-state index contributed by atoms with van der Waals surface area (Å²) in [7, 11) is -3.76. The molecular formula is C22H27ClN2O5S. The van der Waals surface area contributed by atoms with Gasteiger partial charge in [-0.05, 0) is 69.5 Å². The van der Waals surface area contributed by atoms with Crippen LogP contribution in [0.4, 0.5) is 5.69 Å². The Morgan fingerprint density at radius 1 is 1.26 bits per heavy atom. The fraction of sp³-hybridized carbons (Fsp3) is 0.409. The molecule has 1 unspecified atom stereocenters. The Balaban J connectivity index is 1.82. The number of carbonyl (C=O) groups excluding carboxylic acids is 1. The van der Waals surface area contributed by atoms with Gasteiger partial charge in [0.15, 0.2) is 0 Å². The lowest BCUT2D eigenvalue weighted by molar-refractivity contribution is 0.0681. The third-order valence-electron chi connectivity index (χ3n) is 4.72. The maximum atomic E-state index is 12.9. The molecule has 3 rings (SSSR count). The largest absolute Gasteiger partial charge is 0.489 e. The van der Waals surface area contributed by atoms with Gasteiger partial charge in [-0.15, -0.1) is 0 Å². The fourth-order valence-corrected chi connectivity index (χ4v) is 4.70. The van der Waals surface area contributed by atoms with E-state index in [-0.39, 0.29) is 27.6 Å². The molecule has 0 saturated carbocycles. The SMILES string of the molecule is Cc1ccc(NC(=O)c2cc(S(=O)(=O)NC(C)C)ccc2Cl)c(OCC2CCCO2)c1. The highest BCUT2D eigenvalue weighted by Gasteiger charge is 2.21. The number of aryl methyl sites for hydroxylation is 1. The first-order chi connectivity index (χ1) is 14.7. The highest BCUT2D eigenvalue weighted by atomic mass is 35.5. The molecule has 0 radical (unpaired) electrons. The van der Waals surface area contributed by atoms with Crippen molar-refractivity contribution in [1.82, 2.24) is 4.72 Å².